The highest BCUT2D eigenvalue weighted by molar-refractivity contribution is 5.97. The van der Waals surface area contributed by atoms with E-state index < -0.39 is 35.4 Å². The summed E-state index contributed by atoms with van der Waals surface area (Å²) in [5.74, 6) is 2.64. The van der Waals surface area contributed by atoms with E-state index in [1.54, 1.807) is 48.5 Å². The number of hydrogen-bond acceptors (Lipinski definition) is 11. The summed E-state index contributed by atoms with van der Waals surface area (Å²) in [4.78, 5) is 61.2. The number of carbonyl (C=O) groups is 5. The van der Waals surface area contributed by atoms with Crippen molar-refractivity contribution in [2.75, 3.05) is 26.4 Å². The summed E-state index contributed by atoms with van der Waals surface area (Å²) in [7, 11) is 0. The van der Waals surface area contributed by atoms with Gasteiger partial charge >= 0.3 is 29.8 Å². The number of rotatable bonds is 23. The highest BCUT2D eigenvalue weighted by Crippen LogP contribution is 2.31. The maximum absolute atomic E-state index is 13.3. The Balaban J connectivity index is 1.39. The smallest absolute Gasteiger partial charge is 0.343 e. The summed E-state index contributed by atoms with van der Waals surface area (Å²) < 4.78 is 32.8. The zero-order chi connectivity index (χ0) is 42.2. The Kier molecular flexibility index (Phi) is 18.5. The number of carbonyl (C=O) groups excluding carboxylic acids is 4. The van der Waals surface area contributed by atoms with Gasteiger partial charge < -0.3 is 33.5 Å². The van der Waals surface area contributed by atoms with E-state index in [9.17, 15) is 29.1 Å². The molecule has 4 rings (SSSR count). The maximum Gasteiger partial charge on any atom is 0.343 e. The van der Waals surface area contributed by atoms with E-state index in [1.807, 2.05) is 6.07 Å². The van der Waals surface area contributed by atoms with Gasteiger partial charge in [0.1, 0.15) is 28.6 Å². The van der Waals surface area contributed by atoms with Gasteiger partial charge in [-0.15, -0.1) is 0 Å². The molecule has 0 unspecified atom stereocenters. The minimum absolute atomic E-state index is 0.107. The third-order valence-corrected chi connectivity index (χ3v) is 8.45. The molecule has 0 atom stereocenters. The Hall–Kier alpha value is -7.13. The predicted octanol–water partition coefficient (Wildman–Crippen LogP) is 8.56. The van der Waals surface area contributed by atoms with E-state index in [0.717, 1.165) is 69.6 Å². The lowest BCUT2D eigenvalue weighted by molar-refractivity contribution is -0.138. The molecular weight excluding hydrogens is 757 g/mol. The first-order valence-electron chi connectivity index (χ1n) is 19.1. The first-order chi connectivity index (χ1) is 28.7. The normalized spacial score (nSPS) is 10.2. The standard InChI is InChI=1S/C47H46O12/c1-3-43(48)56-30-14-7-5-12-28-54-38-24-20-35(21-25-38)46(52)58-41-33-40(45(50)51)42(32-37(41)19-18-34-16-10-9-11-17-34)59-47(53)36-22-26-39(27-23-36)55-29-13-6-8-15-31-57-44(49)4-2/h3-4,9-11,16-17,20-27,32-33H,1-2,5-8,12-15,28-31H2,(H,50,51). The van der Waals surface area contributed by atoms with Crippen molar-refractivity contribution in [3.05, 3.63) is 144 Å². The third kappa shape index (κ3) is 15.7. The quantitative estimate of drug-likeness (QED) is 0.0251. The highest BCUT2D eigenvalue weighted by Gasteiger charge is 2.22. The van der Waals surface area contributed by atoms with Crippen LogP contribution in [0.4, 0.5) is 0 Å². The van der Waals surface area contributed by atoms with Crippen LogP contribution in [0.25, 0.3) is 0 Å². The second kappa shape index (κ2) is 24.5. The molecule has 0 bridgehead atoms. The zero-order valence-electron chi connectivity index (χ0n) is 32.7. The van der Waals surface area contributed by atoms with Crippen molar-refractivity contribution in [3.63, 3.8) is 0 Å². The molecule has 0 aromatic heterocycles. The Bertz CT molecular complexity index is 2110. The summed E-state index contributed by atoms with van der Waals surface area (Å²) in [6, 6.07) is 23.9. The van der Waals surface area contributed by atoms with Crippen LogP contribution in [0.2, 0.25) is 0 Å². The second-order valence-corrected chi connectivity index (χ2v) is 12.9. The van der Waals surface area contributed by atoms with E-state index in [-0.39, 0.29) is 28.2 Å². The second-order valence-electron chi connectivity index (χ2n) is 12.9. The topological polar surface area (TPSA) is 161 Å². The van der Waals surface area contributed by atoms with Crippen LogP contribution in [0.3, 0.4) is 0 Å². The number of unbranched alkanes of at least 4 members (excludes halogenated alkanes) is 6. The number of benzene rings is 4. The number of carboxylic acids is 1. The molecule has 0 saturated carbocycles. The molecule has 0 aliphatic carbocycles. The molecule has 4 aromatic carbocycles. The molecule has 0 fully saturated rings. The van der Waals surface area contributed by atoms with Gasteiger partial charge in [-0.05, 0) is 112 Å². The van der Waals surface area contributed by atoms with Gasteiger partial charge in [0, 0.05) is 29.8 Å². The molecule has 0 amide bonds. The molecule has 1 N–H and O–H groups in total. The van der Waals surface area contributed by atoms with Crippen molar-refractivity contribution in [3.8, 4) is 34.8 Å². The average molecular weight is 803 g/mol. The summed E-state index contributed by atoms with van der Waals surface area (Å²) in [5, 5.41) is 10.1. The molecule has 306 valence electrons. The van der Waals surface area contributed by atoms with Gasteiger partial charge in [-0.3, -0.25) is 0 Å². The van der Waals surface area contributed by atoms with Crippen LogP contribution in [0, 0.1) is 11.8 Å². The minimum atomic E-state index is -1.42. The number of aromatic carboxylic acids is 1. The number of ether oxygens (including phenoxy) is 6. The van der Waals surface area contributed by atoms with Crippen molar-refractivity contribution in [2.45, 2.75) is 51.4 Å². The molecule has 59 heavy (non-hydrogen) atoms. The van der Waals surface area contributed by atoms with Gasteiger partial charge in [-0.2, -0.15) is 0 Å². The van der Waals surface area contributed by atoms with E-state index >= 15 is 0 Å². The molecule has 0 saturated heterocycles. The number of esters is 4. The van der Waals surface area contributed by atoms with E-state index in [2.05, 4.69) is 25.0 Å². The molecular formula is C47H46O12. The van der Waals surface area contributed by atoms with Crippen LogP contribution in [0.5, 0.6) is 23.0 Å². The predicted molar refractivity (Wildman–Crippen MR) is 219 cm³/mol. The van der Waals surface area contributed by atoms with Crippen molar-refractivity contribution in [1.82, 2.24) is 0 Å². The molecule has 0 heterocycles. The summed E-state index contributed by atoms with van der Waals surface area (Å²) in [5.41, 5.74) is 0.648. The number of carboxylic acid groups (broad SMARTS) is 1. The van der Waals surface area contributed by atoms with Crippen molar-refractivity contribution >= 4 is 29.8 Å². The lowest BCUT2D eigenvalue weighted by atomic mass is 10.1. The van der Waals surface area contributed by atoms with E-state index in [4.69, 9.17) is 28.4 Å². The molecule has 0 aliphatic heterocycles. The Morgan fingerprint density at radius 1 is 0.542 bits per heavy atom. The molecule has 0 radical (unpaired) electrons. The Labute approximate surface area is 343 Å². The molecule has 0 aliphatic rings. The number of hydrogen-bond donors (Lipinski definition) is 1. The average Bonchev–Trinajstić information content (AvgIpc) is 3.25. The van der Waals surface area contributed by atoms with Gasteiger partial charge in [0.05, 0.1) is 43.1 Å². The maximum atomic E-state index is 13.3. The van der Waals surface area contributed by atoms with Crippen LogP contribution < -0.4 is 18.9 Å². The van der Waals surface area contributed by atoms with Crippen LogP contribution in [-0.2, 0) is 19.1 Å². The van der Waals surface area contributed by atoms with Crippen LogP contribution >= 0.6 is 0 Å². The first kappa shape index (κ1) is 44.6. The fourth-order valence-electron chi connectivity index (χ4n) is 5.31. The largest absolute Gasteiger partial charge is 0.494 e. The third-order valence-electron chi connectivity index (χ3n) is 8.45. The lowest BCUT2D eigenvalue weighted by Crippen LogP contribution is -2.14. The Morgan fingerprint density at radius 3 is 1.46 bits per heavy atom. The van der Waals surface area contributed by atoms with Gasteiger partial charge in [-0.1, -0.05) is 43.2 Å². The molecule has 0 spiro atoms. The zero-order valence-corrected chi connectivity index (χ0v) is 32.7. The van der Waals surface area contributed by atoms with Gasteiger partial charge in [0.25, 0.3) is 0 Å². The summed E-state index contributed by atoms with van der Waals surface area (Å²) in [6.45, 7) is 8.31. The van der Waals surface area contributed by atoms with E-state index in [1.165, 1.54) is 30.3 Å². The highest BCUT2D eigenvalue weighted by atomic mass is 16.5. The van der Waals surface area contributed by atoms with Gasteiger partial charge in [0.2, 0.25) is 0 Å². The van der Waals surface area contributed by atoms with Crippen LogP contribution in [0.1, 0.15) is 93.6 Å². The van der Waals surface area contributed by atoms with Crippen LogP contribution in [-0.4, -0.2) is 61.4 Å². The van der Waals surface area contributed by atoms with Crippen molar-refractivity contribution in [2.24, 2.45) is 0 Å². The fraction of sp³-hybridized carbons (Fsp3) is 0.255. The SMILES string of the molecule is C=CC(=O)OCCCCCCOc1ccc(C(=O)Oc2cc(C(=O)O)c(OC(=O)c3ccc(OCCCCCCOC(=O)C=C)cc3)cc2C#Cc2ccccc2)cc1. The van der Waals surface area contributed by atoms with Crippen molar-refractivity contribution in [1.29, 1.82) is 0 Å². The molecule has 12 heteroatoms. The van der Waals surface area contributed by atoms with Gasteiger partial charge in [-0.25, -0.2) is 24.0 Å². The molecule has 12 nitrogen and oxygen atoms in total. The van der Waals surface area contributed by atoms with Crippen molar-refractivity contribution < 1.29 is 57.5 Å². The summed E-state index contributed by atoms with van der Waals surface area (Å²) in [6.07, 6.45) is 8.81. The van der Waals surface area contributed by atoms with Crippen LogP contribution in [0.15, 0.2) is 116 Å². The minimum Gasteiger partial charge on any atom is -0.494 e. The monoisotopic (exact) mass is 802 g/mol. The summed E-state index contributed by atoms with van der Waals surface area (Å²) >= 11 is 0. The van der Waals surface area contributed by atoms with Gasteiger partial charge in [0.15, 0.2) is 0 Å². The van der Waals surface area contributed by atoms with E-state index in [0.29, 0.717) is 43.5 Å². The lowest BCUT2D eigenvalue weighted by Gasteiger charge is -2.13. The molecule has 4 aromatic rings. The Morgan fingerprint density at radius 2 is 1.00 bits per heavy atom. The first-order valence-corrected chi connectivity index (χ1v) is 19.1. The fourth-order valence-corrected chi connectivity index (χ4v) is 5.31.